The Morgan fingerprint density at radius 3 is 2.62 bits per heavy atom. The highest BCUT2D eigenvalue weighted by molar-refractivity contribution is 7.99. The number of hydrogen-bond donors (Lipinski definition) is 1. The van der Waals surface area contributed by atoms with E-state index in [2.05, 4.69) is 12.2 Å². The van der Waals surface area contributed by atoms with Crippen LogP contribution in [0.5, 0.6) is 0 Å². The van der Waals surface area contributed by atoms with Gasteiger partial charge in [-0.2, -0.15) is 13.2 Å². The molecule has 0 spiro atoms. The van der Waals surface area contributed by atoms with Crippen molar-refractivity contribution >= 4 is 11.8 Å². The fourth-order valence-electron chi connectivity index (χ4n) is 2.12. The van der Waals surface area contributed by atoms with Crippen LogP contribution in [0.2, 0.25) is 0 Å². The van der Waals surface area contributed by atoms with Gasteiger partial charge in [0.25, 0.3) is 0 Å². The number of nitrogens with one attached hydrogen (secondary N) is 1. The van der Waals surface area contributed by atoms with E-state index in [1.165, 1.54) is 17.8 Å². The zero-order valence-electron chi connectivity index (χ0n) is 12.3. The van der Waals surface area contributed by atoms with Gasteiger partial charge in [0.05, 0.1) is 5.56 Å². The summed E-state index contributed by atoms with van der Waals surface area (Å²) in [5, 5.41) is 3.26. The third kappa shape index (κ3) is 5.55. The maximum absolute atomic E-state index is 13.2. The second-order valence-electron chi connectivity index (χ2n) is 5.54. The molecule has 0 heterocycles. The highest BCUT2D eigenvalue weighted by atomic mass is 32.2. The van der Waals surface area contributed by atoms with Crippen LogP contribution >= 0.6 is 11.8 Å². The first-order valence-electron chi connectivity index (χ1n) is 7.57. The van der Waals surface area contributed by atoms with E-state index in [1.54, 1.807) is 6.07 Å². The SMILES string of the molecule is CCCCCSc1ccc(CNC2CC2)cc1C(F)(F)F. The standard InChI is InChI=1S/C16H22F3NS/c1-2-3-4-9-21-15-8-5-12(11-20-13-6-7-13)10-14(15)16(17,18)19/h5,8,10,13,20H,2-4,6-7,9,11H2,1H3. The van der Waals surface area contributed by atoms with Crippen molar-refractivity contribution in [3.8, 4) is 0 Å². The van der Waals surface area contributed by atoms with E-state index in [-0.39, 0.29) is 0 Å². The summed E-state index contributed by atoms with van der Waals surface area (Å²) in [7, 11) is 0. The Kier molecular flexibility index (Phi) is 5.99. The van der Waals surface area contributed by atoms with E-state index in [1.807, 2.05) is 6.07 Å². The van der Waals surface area contributed by atoms with Crippen molar-refractivity contribution in [2.24, 2.45) is 0 Å². The second kappa shape index (κ2) is 7.54. The van der Waals surface area contributed by atoms with Crippen LogP contribution < -0.4 is 5.32 Å². The molecule has 1 saturated carbocycles. The molecule has 0 saturated heterocycles. The molecule has 1 aromatic carbocycles. The molecule has 0 radical (unpaired) electrons. The molecule has 1 aliphatic rings. The molecular formula is C16H22F3NS. The van der Waals surface area contributed by atoms with Gasteiger partial charge in [-0.25, -0.2) is 0 Å². The lowest BCUT2D eigenvalue weighted by Gasteiger charge is -2.14. The third-order valence-corrected chi connectivity index (χ3v) is 4.69. The predicted molar refractivity (Wildman–Crippen MR) is 81.6 cm³/mol. The molecule has 0 aliphatic heterocycles. The van der Waals surface area contributed by atoms with Crippen LogP contribution in [0.25, 0.3) is 0 Å². The average Bonchev–Trinajstić information content (AvgIpc) is 3.25. The van der Waals surface area contributed by atoms with E-state index in [4.69, 9.17) is 0 Å². The largest absolute Gasteiger partial charge is 0.417 e. The van der Waals surface area contributed by atoms with Crippen LogP contribution in [0, 0.1) is 0 Å². The summed E-state index contributed by atoms with van der Waals surface area (Å²) in [6.45, 7) is 2.61. The lowest BCUT2D eigenvalue weighted by atomic mass is 10.1. The van der Waals surface area contributed by atoms with Gasteiger partial charge >= 0.3 is 6.18 Å². The van der Waals surface area contributed by atoms with Crippen molar-refractivity contribution in [1.82, 2.24) is 5.32 Å². The Morgan fingerprint density at radius 2 is 2.00 bits per heavy atom. The number of thioether (sulfide) groups is 1. The summed E-state index contributed by atoms with van der Waals surface area (Å²) in [5.74, 6) is 0.747. The van der Waals surface area contributed by atoms with E-state index >= 15 is 0 Å². The summed E-state index contributed by atoms with van der Waals surface area (Å²) in [6, 6.07) is 5.25. The summed E-state index contributed by atoms with van der Waals surface area (Å²) in [5.41, 5.74) is 0.228. The molecule has 118 valence electrons. The van der Waals surface area contributed by atoms with Gasteiger partial charge in [-0.15, -0.1) is 11.8 Å². The first-order valence-corrected chi connectivity index (χ1v) is 8.55. The molecular weight excluding hydrogens is 295 g/mol. The predicted octanol–water partition coefficient (Wildman–Crippen LogP) is 5.24. The van der Waals surface area contributed by atoms with Crippen molar-refractivity contribution in [2.45, 2.75) is 62.7 Å². The van der Waals surface area contributed by atoms with Crippen molar-refractivity contribution in [2.75, 3.05) is 5.75 Å². The Bertz CT molecular complexity index is 455. The summed E-state index contributed by atoms with van der Waals surface area (Å²) in [6.07, 6.45) is 1.11. The van der Waals surface area contributed by atoms with Gasteiger partial charge in [-0.3, -0.25) is 0 Å². The van der Waals surface area contributed by atoms with Gasteiger partial charge in [-0.05, 0) is 42.7 Å². The van der Waals surface area contributed by atoms with Crippen LogP contribution in [0.3, 0.4) is 0 Å². The summed E-state index contributed by atoms with van der Waals surface area (Å²) < 4.78 is 39.5. The highest BCUT2D eigenvalue weighted by Crippen LogP contribution is 2.37. The lowest BCUT2D eigenvalue weighted by Crippen LogP contribution is -2.16. The van der Waals surface area contributed by atoms with E-state index in [9.17, 15) is 13.2 Å². The second-order valence-corrected chi connectivity index (χ2v) is 6.68. The Labute approximate surface area is 128 Å². The molecule has 0 unspecified atom stereocenters. The number of benzene rings is 1. The first kappa shape index (κ1) is 16.7. The average molecular weight is 317 g/mol. The summed E-state index contributed by atoms with van der Waals surface area (Å²) in [4.78, 5) is 0.355. The Balaban J connectivity index is 2.03. The number of halogens is 3. The van der Waals surface area contributed by atoms with Gasteiger partial charge in [0.1, 0.15) is 0 Å². The first-order chi connectivity index (χ1) is 10.0. The van der Waals surface area contributed by atoms with Gasteiger partial charge in [0.2, 0.25) is 0 Å². The van der Waals surface area contributed by atoms with E-state index < -0.39 is 11.7 Å². The van der Waals surface area contributed by atoms with Crippen LogP contribution in [-0.2, 0) is 12.7 Å². The number of alkyl halides is 3. The van der Waals surface area contributed by atoms with Crippen molar-refractivity contribution in [3.05, 3.63) is 29.3 Å². The monoisotopic (exact) mass is 317 g/mol. The van der Waals surface area contributed by atoms with Crippen LogP contribution in [0.4, 0.5) is 13.2 Å². The number of rotatable bonds is 8. The number of hydrogen-bond acceptors (Lipinski definition) is 2. The topological polar surface area (TPSA) is 12.0 Å². The quantitative estimate of drug-likeness (QED) is 0.520. The van der Waals surface area contributed by atoms with Gasteiger partial charge in [0, 0.05) is 17.5 Å². The Hall–Kier alpha value is -0.680. The van der Waals surface area contributed by atoms with Crippen LogP contribution in [0.1, 0.15) is 50.2 Å². The fraction of sp³-hybridized carbons (Fsp3) is 0.625. The van der Waals surface area contributed by atoms with Gasteiger partial charge in [-0.1, -0.05) is 25.8 Å². The van der Waals surface area contributed by atoms with E-state index in [0.717, 1.165) is 37.9 Å². The molecule has 0 amide bonds. The molecule has 5 heteroatoms. The maximum Gasteiger partial charge on any atom is 0.417 e. The molecule has 1 fully saturated rings. The molecule has 1 aromatic rings. The smallest absolute Gasteiger partial charge is 0.310 e. The fourth-order valence-corrected chi connectivity index (χ4v) is 3.18. The summed E-state index contributed by atoms with van der Waals surface area (Å²) >= 11 is 1.32. The van der Waals surface area contributed by atoms with Crippen LogP contribution in [0.15, 0.2) is 23.1 Å². The third-order valence-electron chi connectivity index (χ3n) is 3.53. The minimum atomic E-state index is -4.28. The Morgan fingerprint density at radius 1 is 1.24 bits per heavy atom. The molecule has 1 nitrogen and oxygen atoms in total. The van der Waals surface area contributed by atoms with Crippen LogP contribution in [-0.4, -0.2) is 11.8 Å². The molecule has 21 heavy (non-hydrogen) atoms. The minimum absolute atomic E-state index is 0.355. The molecule has 0 bridgehead atoms. The number of unbranched alkanes of at least 4 members (excludes halogenated alkanes) is 2. The van der Waals surface area contributed by atoms with Gasteiger partial charge in [0.15, 0.2) is 0 Å². The van der Waals surface area contributed by atoms with Gasteiger partial charge < -0.3 is 5.32 Å². The normalized spacial score (nSPS) is 15.4. The molecule has 1 N–H and O–H groups in total. The molecule has 2 rings (SSSR count). The van der Waals surface area contributed by atoms with E-state index in [0.29, 0.717) is 23.0 Å². The zero-order chi connectivity index (χ0) is 15.3. The maximum atomic E-state index is 13.2. The molecule has 0 aromatic heterocycles. The highest BCUT2D eigenvalue weighted by Gasteiger charge is 2.33. The molecule has 1 aliphatic carbocycles. The van der Waals surface area contributed by atoms with Crippen molar-refractivity contribution in [1.29, 1.82) is 0 Å². The zero-order valence-corrected chi connectivity index (χ0v) is 13.1. The van der Waals surface area contributed by atoms with Crippen molar-refractivity contribution in [3.63, 3.8) is 0 Å². The van der Waals surface area contributed by atoms with Crippen molar-refractivity contribution < 1.29 is 13.2 Å². The minimum Gasteiger partial charge on any atom is -0.310 e. The molecule has 0 atom stereocenters. The lowest BCUT2D eigenvalue weighted by molar-refractivity contribution is -0.139.